The van der Waals surface area contributed by atoms with E-state index in [4.69, 9.17) is 4.74 Å². The van der Waals surface area contributed by atoms with Crippen molar-refractivity contribution >= 4 is 11.9 Å². The molecule has 0 radical (unpaired) electrons. The topological polar surface area (TPSA) is 104 Å². The maximum Gasteiger partial charge on any atom is 0.338 e. The van der Waals surface area contributed by atoms with E-state index in [9.17, 15) is 24.9 Å². The maximum absolute atomic E-state index is 13.1. The van der Waals surface area contributed by atoms with Crippen LogP contribution in [0.2, 0.25) is 0 Å². The zero-order chi connectivity index (χ0) is 46.9. The lowest BCUT2D eigenvalue weighted by Gasteiger charge is -2.36. The Hall–Kier alpha value is -1.40. The second kappa shape index (κ2) is 49.5. The van der Waals surface area contributed by atoms with Crippen LogP contribution in [-0.4, -0.2) is 39.1 Å². The fourth-order valence-electron chi connectivity index (χ4n) is 9.57. The molecule has 3 unspecified atom stereocenters. The largest absolute Gasteiger partial charge is 0.481 e. The molecule has 64 heavy (non-hydrogen) atoms. The van der Waals surface area contributed by atoms with Crippen LogP contribution in [0, 0.1) is 5.92 Å². The maximum atomic E-state index is 13.1. The Bertz CT molecular complexity index is 997. The first kappa shape index (κ1) is 62.6. The van der Waals surface area contributed by atoms with Gasteiger partial charge in [0.2, 0.25) is 5.79 Å². The van der Waals surface area contributed by atoms with E-state index in [0.29, 0.717) is 6.42 Å². The SMILES string of the molecule is CCCCCCCCC=CCCCCCCC(CCCCCCCCCCCCCCCCCC)C(O)(CCCCCCCCCCCCCCCCCC)OC(=O)C(O)CC(=O)O. The summed E-state index contributed by atoms with van der Waals surface area (Å²) in [5, 5.41) is 31.9. The highest BCUT2D eigenvalue weighted by Gasteiger charge is 2.41. The molecular weight excluding hydrogens is 793 g/mol. The summed E-state index contributed by atoms with van der Waals surface area (Å²) in [6, 6.07) is 0. The molecule has 6 heteroatoms. The second-order valence-corrected chi connectivity index (χ2v) is 20.2. The van der Waals surface area contributed by atoms with Crippen molar-refractivity contribution in [3.05, 3.63) is 12.2 Å². The van der Waals surface area contributed by atoms with Crippen LogP contribution >= 0.6 is 0 Å². The van der Waals surface area contributed by atoms with Gasteiger partial charge in [-0.1, -0.05) is 283 Å². The molecule has 0 rings (SSSR count). The molecule has 0 fully saturated rings. The number of aliphatic hydroxyl groups is 2. The van der Waals surface area contributed by atoms with Gasteiger partial charge in [-0.2, -0.15) is 0 Å². The molecule has 6 nitrogen and oxygen atoms in total. The number of allylic oxidation sites excluding steroid dienone is 2. The minimum absolute atomic E-state index is 0.228. The molecule has 0 spiro atoms. The van der Waals surface area contributed by atoms with E-state index in [1.165, 1.54) is 218 Å². The molecule has 0 aromatic rings. The van der Waals surface area contributed by atoms with Crippen molar-refractivity contribution in [3.63, 3.8) is 0 Å². The third-order valence-corrected chi connectivity index (χ3v) is 13.9. The van der Waals surface area contributed by atoms with Crippen LogP contribution in [0.1, 0.15) is 329 Å². The molecule has 0 amide bonds. The van der Waals surface area contributed by atoms with E-state index in [-0.39, 0.29) is 5.92 Å². The monoisotopic (exact) mass is 905 g/mol. The van der Waals surface area contributed by atoms with Crippen LogP contribution in [-0.2, 0) is 14.3 Å². The zero-order valence-corrected chi connectivity index (χ0v) is 43.3. The number of hydrogen-bond acceptors (Lipinski definition) is 5. The molecule has 0 bridgehead atoms. The third-order valence-electron chi connectivity index (χ3n) is 13.9. The number of aliphatic carboxylic acids is 1. The highest BCUT2D eigenvalue weighted by molar-refractivity contribution is 5.81. The molecule has 0 saturated heterocycles. The Balaban J connectivity index is 5.02. The lowest BCUT2D eigenvalue weighted by Crippen LogP contribution is -2.45. The molecule has 0 aliphatic carbocycles. The first-order chi connectivity index (χ1) is 31.3. The first-order valence-electron chi connectivity index (χ1n) is 28.8. The van der Waals surface area contributed by atoms with Gasteiger partial charge in [0.25, 0.3) is 0 Å². The number of ether oxygens (including phenoxy) is 1. The van der Waals surface area contributed by atoms with Crippen molar-refractivity contribution in [2.45, 2.75) is 341 Å². The number of esters is 1. The lowest BCUT2D eigenvalue weighted by molar-refractivity contribution is -0.244. The third kappa shape index (κ3) is 43.2. The van der Waals surface area contributed by atoms with Crippen molar-refractivity contribution < 1.29 is 29.6 Å². The molecule has 3 N–H and O–H groups in total. The number of aliphatic hydroxyl groups excluding tert-OH is 1. The van der Waals surface area contributed by atoms with E-state index < -0.39 is 30.3 Å². The Labute approximate surface area is 399 Å². The average Bonchev–Trinajstić information content (AvgIpc) is 3.27. The molecule has 0 saturated carbocycles. The fraction of sp³-hybridized carbons (Fsp3) is 0.931. The molecule has 0 aromatic heterocycles. The Kier molecular flexibility index (Phi) is 48.4. The summed E-state index contributed by atoms with van der Waals surface area (Å²) in [6.45, 7) is 6.82. The van der Waals surface area contributed by atoms with Gasteiger partial charge >= 0.3 is 11.9 Å². The number of carbonyl (C=O) groups excluding carboxylic acids is 1. The van der Waals surface area contributed by atoms with Crippen LogP contribution in [0.15, 0.2) is 12.2 Å². The van der Waals surface area contributed by atoms with Crippen LogP contribution in [0.3, 0.4) is 0 Å². The lowest BCUT2D eigenvalue weighted by atomic mass is 9.84. The number of hydrogen-bond donors (Lipinski definition) is 3. The van der Waals surface area contributed by atoms with Crippen LogP contribution < -0.4 is 0 Å². The Morgan fingerprint density at radius 3 is 0.984 bits per heavy atom. The average molecular weight is 906 g/mol. The van der Waals surface area contributed by atoms with Crippen LogP contribution in [0.5, 0.6) is 0 Å². The fourth-order valence-corrected chi connectivity index (χ4v) is 9.57. The van der Waals surface area contributed by atoms with E-state index >= 15 is 0 Å². The van der Waals surface area contributed by atoms with Crippen LogP contribution in [0.25, 0.3) is 0 Å². The van der Waals surface area contributed by atoms with Gasteiger partial charge in [-0.25, -0.2) is 4.79 Å². The summed E-state index contributed by atoms with van der Waals surface area (Å²) in [6.07, 6.45) is 59.9. The quantitative estimate of drug-likeness (QED) is 0.0243. The molecular formula is C58H112O6. The molecule has 0 aliphatic heterocycles. The second-order valence-electron chi connectivity index (χ2n) is 20.2. The van der Waals surface area contributed by atoms with E-state index in [1.54, 1.807) is 0 Å². The molecule has 0 aliphatic rings. The summed E-state index contributed by atoms with van der Waals surface area (Å²) in [5.74, 6) is -4.19. The minimum atomic E-state index is -1.78. The predicted molar refractivity (Wildman–Crippen MR) is 276 cm³/mol. The van der Waals surface area contributed by atoms with Crippen molar-refractivity contribution in [2.24, 2.45) is 5.92 Å². The number of carbonyl (C=O) groups is 2. The van der Waals surface area contributed by atoms with Gasteiger partial charge in [-0.15, -0.1) is 0 Å². The first-order valence-corrected chi connectivity index (χ1v) is 28.8. The molecule has 380 valence electrons. The van der Waals surface area contributed by atoms with Gasteiger partial charge in [0, 0.05) is 12.3 Å². The highest BCUT2D eigenvalue weighted by atomic mass is 16.7. The molecule has 0 heterocycles. The minimum Gasteiger partial charge on any atom is -0.481 e. The van der Waals surface area contributed by atoms with Gasteiger partial charge < -0.3 is 20.1 Å². The number of carboxylic acids is 1. The van der Waals surface area contributed by atoms with Crippen LogP contribution in [0.4, 0.5) is 0 Å². The van der Waals surface area contributed by atoms with Gasteiger partial charge in [-0.3, -0.25) is 4.79 Å². The van der Waals surface area contributed by atoms with Gasteiger partial charge in [-0.05, 0) is 44.9 Å². The van der Waals surface area contributed by atoms with Gasteiger partial charge in [0.15, 0.2) is 6.10 Å². The summed E-state index contributed by atoms with van der Waals surface area (Å²) >= 11 is 0. The summed E-state index contributed by atoms with van der Waals surface area (Å²) in [4.78, 5) is 24.4. The summed E-state index contributed by atoms with van der Waals surface area (Å²) < 4.78 is 5.83. The molecule has 3 atom stereocenters. The smallest absolute Gasteiger partial charge is 0.338 e. The van der Waals surface area contributed by atoms with Crippen molar-refractivity contribution in [2.75, 3.05) is 0 Å². The molecule has 0 aromatic carbocycles. The van der Waals surface area contributed by atoms with Crippen molar-refractivity contribution in [3.8, 4) is 0 Å². The summed E-state index contributed by atoms with van der Waals surface area (Å²) in [7, 11) is 0. The standard InChI is InChI=1S/C58H112O6/c1-4-7-10-13-16-19-22-25-28-30-33-36-39-42-45-48-51-54(50-47-44-41-38-35-32-27-24-21-18-15-12-9-6-3)58(63,64-57(62)55(59)53-56(60)61)52-49-46-43-40-37-34-31-29-26-23-20-17-14-11-8-5-2/h27,32,54-55,59,63H,4-26,28-31,33-53H2,1-3H3,(H,60,61). The van der Waals surface area contributed by atoms with Crippen molar-refractivity contribution in [1.82, 2.24) is 0 Å². The van der Waals surface area contributed by atoms with E-state index in [1.807, 2.05) is 0 Å². The number of carboxylic acid groups (broad SMARTS) is 1. The highest BCUT2D eigenvalue weighted by Crippen LogP contribution is 2.35. The normalized spacial score (nSPS) is 13.7. The zero-order valence-electron chi connectivity index (χ0n) is 43.3. The Morgan fingerprint density at radius 2 is 0.688 bits per heavy atom. The van der Waals surface area contributed by atoms with E-state index in [2.05, 4.69) is 32.9 Å². The number of unbranched alkanes of at least 4 members (excludes halogenated alkanes) is 40. The number of rotatable bonds is 53. The van der Waals surface area contributed by atoms with Crippen molar-refractivity contribution in [1.29, 1.82) is 0 Å². The Morgan fingerprint density at radius 1 is 0.422 bits per heavy atom. The summed E-state index contributed by atoms with van der Waals surface area (Å²) in [5.41, 5.74) is 0. The van der Waals surface area contributed by atoms with Gasteiger partial charge in [0.1, 0.15) is 0 Å². The predicted octanol–water partition coefficient (Wildman–Crippen LogP) is 18.6. The van der Waals surface area contributed by atoms with Gasteiger partial charge in [0.05, 0.1) is 6.42 Å². The van der Waals surface area contributed by atoms with E-state index in [0.717, 1.165) is 77.0 Å².